The van der Waals surface area contributed by atoms with Crippen LogP contribution in [0.4, 0.5) is 0 Å². The number of imidazole rings is 1. The van der Waals surface area contributed by atoms with Gasteiger partial charge in [0, 0.05) is 25.4 Å². The van der Waals surface area contributed by atoms with Gasteiger partial charge in [0.05, 0.1) is 0 Å². The molecule has 0 aliphatic heterocycles. The van der Waals surface area contributed by atoms with Gasteiger partial charge in [-0.25, -0.2) is 4.98 Å². The molecule has 2 rings (SSSR count). The lowest BCUT2D eigenvalue weighted by Gasteiger charge is -1.98. The van der Waals surface area contributed by atoms with Crippen LogP contribution in [0.25, 0.3) is 0 Å². The molecule has 0 fully saturated rings. The minimum Gasteiger partial charge on any atom is -0.335 e. The Balaban J connectivity index is 0.000000165. The summed E-state index contributed by atoms with van der Waals surface area (Å²) < 4.78 is 2.15. The van der Waals surface area contributed by atoms with Gasteiger partial charge < -0.3 is 4.57 Å². The Kier molecular flexibility index (Phi) is 4.33. The Bertz CT molecular complexity index is 290. The van der Waals surface area contributed by atoms with Crippen LogP contribution in [0.3, 0.4) is 0 Å². The zero-order chi connectivity index (χ0) is 10.2. The molecule has 14 heavy (non-hydrogen) atoms. The molecular weight excluding hydrogens is 180 g/mol. The maximum Gasteiger partial charge on any atom is 0.161 e. The SMILES string of the molecule is CCc1nccn1CC.c1nn[nH]n1. The molecule has 2 heterocycles. The Morgan fingerprint density at radius 2 is 2.29 bits per heavy atom. The van der Waals surface area contributed by atoms with Crippen LogP contribution in [0.2, 0.25) is 0 Å². The number of aromatic nitrogens is 6. The quantitative estimate of drug-likeness (QED) is 0.762. The van der Waals surface area contributed by atoms with Crippen LogP contribution in [0, 0.1) is 0 Å². The smallest absolute Gasteiger partial charge is 0.161 e. The average molecular weight is 194 g/mol. The summed E-state index contributed by atoms with van der Waals surface area (Å²) in [6.45, 7) is 5.28. The van der Waals surface area contributed by atoms with Crippen molar-refractivity contribution < 1.29 is 0 Å². The predicted molar refractivity (Wildman–Crippen MR) is 51.5 cm³/mol. The lowest BCUT2D eigenvalue weighted by atomic mass is 10.4. The number of H-pyrrole nitrogens is 1. The Hall–Kier alpha value is -1.72. The van der Waals surface area contributed by atoms with Crippen LogP contribution in [0.15, 0.2) is 18.7 Å². The van der Waals surface area contributed by atoms with Crippen molar-refractivity contribution in [1.29, 1.82) is 0 Å². The highest BCUT2D eigenvalue weighted by Gasteiger charge is 1.94. The molecule has 76 valence electrons. The topological polar surface area (TPSA) is 72.3 Å². The van der Waals surface area contributed by atoms with Crippen LogP contribution < -0.4 is 0 Å². The fourth-order valence-electron chi connectivity index (χ4n) is 1.07. The predicted octanol–water partition coefficient (Wildman–Crippen LogP) is 0.665. The molecule has 0 amide bonds. The summed E-state index contributed by atoms with van der Waals surface area (Å²) in [7, 11) is 0. The molecule has 0 saturated heterocycles. The average Bonchev–Trinajstić information content (AvgIpc) is 2.91. The van der Waals surface area contributed by atoms with Crippen molar-refractivity contribution in [1.82, 2.24) is 30.2 Å². The third kappa shape index (κ3) is 2.96. The summed E-state index contributed by atoms with van der Waals surface area (Å²) in [6.07, 6.45) is 6.22. The zero-order valence-electron chi connectivity index (χ0n) is 8.38. The summed E-state index contributed by atoms with van der Waals surface area (Å²) >= 11 is 0. The summed E-state index contributed by atoms with van der Waals surface area (Å²) in [4.78, 5) is 4.17. The van der Waals surface area contributed by atoms with E-state index in [-0.39, 0.29) is 0 Å². The lowest BCUT2D eigenvalue weighted by Crippen LogP contribution is -1.98. The Morgan fingerprint density at radius 3 is 2.64 bits per heavy atom. The van der Waals surface area contributed by atoms with Gasteiger partial charge in [0.15, 0.2) is 6.33 Å². The number of aryl methyl sites for hydroxylation is 2. The summed E-state index contributed by atoms with van der Waals surface area (Å²) in [5.41, 5.74) is 0. The molecule has 2 aromatic heterocycles. The minimum atomic E-state index is 1.03. The number of rotatable bonds is 2. The molecule has 6 heteroatoms. The molecule has 0 radical (unpaired) electrons. The fraction of sp³-hybridized carbons (Fsp3) is 0.500. The number of hydrogen-bond donors (Lipinski definition) is 1. The highest BCUT2D eigenvalue weighted by Crippen LogP contribution is 1.96. The fourth-order valence-corrected chi connectivity index (χ4v) is 1.07. The molecule has 0 aromatic carbocycles. The summed E-state index contributed by atoms with van der Waals surface area (Å²) in [6, 6.07) is 0. The third-order valence-electron chi connectivity index (χ3n) is 1.73. The van der Waals surface area contributed by atoms with Crippen LogP contribution >= 0.6 is 0 Å². The first kappa shape index (κ1) is 10.4. The maximum absolute atomic E-state index is 4.17. The first-order valence-electron chi connectivity index (χ1n) is 4.54. The van der Waals surface area contributed by atoms with Gasteiger partial charge in [0.1, 0.15) is 5.82 Å². The largest absolute Gasteiger partial charge is 0.335 e. The summed E-state index contributed by atoms with van der Waals surface area (Å²) in [5.74, 6) is 1.18. The van der Waals surface area contributed by atoms with E-state index in [1.165, 1.54) is 12.2 Å². The van der Waals surface area contributed by atoms with E-state index in [4.69, 9.17) is 0 Å². The molecule has 0 atom stereocenters. The summed E-state index contributed by atoms with van der Waals surface area (Å²) in [5, 5.41) is 12.2. The number of tetrazole rings is 1. The van der Waals surface area contributed by atoms with Crippen molar-refractivity contribution >= 4 is 0 Å². The molecule has 2 aromatic rings. The Morgan fingerprint density at radius 1 is 1.43 bits per heavy atom. The highest BCUT2D eigenvalue weighted by molar-refractivity contribution is 4.90. The second-order valence-corrected chi connectivity index (χ2v) is 2.54. The Labute approximate surface area is 82.4 Å². The standard InChI is InChI=1S/C7H12N2.CH2N4/c1-3-7-8-5-6-9(7)4-2;1-2-4-5-3-1/h5-6H,3-4H2,1-2H3;1H,(H,2,3,4,5). The third-order valence-corrected chi connectivity index (χ3v) is 1.73. The van der Waals surface area contributed by atoms with Crippen molar-refractivity contribution in [2.75, 3.05) is 0 Å². The molecule has 0 spiro atoms. The number of nitrogens with one attached hydrogen (secondary N) is 1. The van der Waals surface area contributed by atoms with E-state index < -0.39 is 0 Å². The monoisotopic (exact) mass is 194 g/mol. The molecule has 0 aliphatic rings. The minimum absolute atomic E-state index is 1.03. The van der Waals surface area contributed by atoms with Gasteiger partial charge in [-0.3, -0.25) is 0 Å². The molecule has 6 nitrogen and oxygen atoms in total. The van der Waals surface area contributed by atoms with Crippen molar-refractivity contribution in [3.63, 3.8) is 0 Å². The number of nitrogens with zero attached hydrogens (tertiary/aromatic N) is 5. The van der Waals surface area contributed by atoms with E-state index >= 15 is 0 Å². The van der Waals surface area contributed by atoms with Crippen molar-refractivity contribution in [3.8, 4) is 0 Å². The van der Waals surface area contributed by atoms with Gasteiger partial charge in [0.2, 0.25) is 0 Å². The van der Waals surface area contributed by atoms with E-state index in [1.54, 1.807) is 0 Å². The van der Waals surface area contributed by atoms with Gasteiger partial charge in [-0.05, 0) is 6.92 Å². The van der Waals surface area contributed by atoms with Crippen LogP contribution in [-0.4, -0.2) is 30.2 Å². The molecule has 0 aliphatic carbocycles. The van der Waals surface area contributed by atoms with Crippen LogP contribution in [0.1, 0.15) is 19.7 Å². The van der Waals surface area contributed by atoms with Crippen molar-refractivity contribution in [3.05, 3.63) is 24.5 Å². The molecule has 0 saturated carbocycles. The highest BCUT2D eigenvalue weighted by atomic mass is 15.5. The van der Waals surface area contributed by atoms with E-state index in [1.807, 2.05) is 12.4 Å². The van der Waals surface area contributed by atoms with Gasteiger partial charge in [0.25, 0.3) is 0 Å². The number of aromatic amines is 1. The van der Waals surface area contributed by atoms with E-state index in [0.29, 0.717) is 0 Å². The van der Waals surface area contributed by atoms with Gasteiger partial charge in [-0.15, -0.1) is 10.2 Å². The van der Waals surface area contributed by atoms with Gasteiger partial charge >= 0.3 is 0 Å². The van der Waals surface area contributed by atoms with Crippen LogP contribution in [0.5, 0.6) is 0 Å². The first-order chi connectivity index (χ1) is 6.88. The second kappa shape index (κ2) is 5.85. The second-order valence-electron chi connectivity index (χ2n) is 2.54. The first-order valence-corrected chi connectivity index (χ1v) is 4.54. The van der Waals surface area contributed by atoms with E-state index in [2.05, 4.69) is 44.0 Å². The lowest BCUT2D eigenvalue weighted by molar-refractivity contribution is 0.705. The molecular formula is C8H14N6. The van der Waals surface area contributed by atoms with Crippen LogP contribution in [-0.2, 0) is 13.0 Å². The molecule has 0 unspecified atom stereocenters. The van der Waals surface area contributed by atoms with Gasteiger partial charge in [-0.1, -0.05) is 12.1 Å². The zero-order valence-corrected chi connectivity index (χ0v) is 8.38. The molecule has 1 N–H and O–H groups in total. The van der Waals surface area contributed by atoms with Gasteiger partial charge in [-0.2, -0.15) is 5.21 Å². The molecule has 0 bridgehead atoms. The number of hydrogen-bond acceptors (Lipinski definition) is 4. The maximum atomic E-state index is 4.17. The van der Waals surface area contributed by atoms with E-state index in [9.17, 15) is 0 Å². The van der Waals surface area contributed by atoms with Crippen molar-refractivity contribution in [2.45, 2.75) is 26.8 Å². The van der Waals surface area contributed by atoms with Crippen molar-refractivity contribution in [2.24, 2.45) is 0 Å². The normalized spacial score (nSPS) is 9.29. The van der Waals surface area contributed by atoms with E-state index in [0.717, 1.165) is 13.0 Å².